The van der Waals surface area contributed by atoms with Gasteiger partial charge in [-0.2, -0.15) is 0 Å². The molecule has 4 saturated carbocycles. The first-order valence-corrected chi connectivity index (χ1v) is 15.5. The number of aliphatic hydroxyl groups excluding tert-OH is 1. The van der Waals surface area contributed by atoms with Crippen molar-refractivity contribution < 1.29 is 43.0 Å². The zero-order valence-corrected chi connectivity index (χ0v) is 23.9. The number of aliphatic hydroxyl groups is 1. The van der Waals surface area contributed by atoms with Crippen molar-refractivity contribution in [3.8, 4) is 0 Å². The second-order valence-corrected chi connectivity index (χ2v) is 13.9. The van der Waals surface area contributed by atoms with Crippen LogP contribution < -0.4 is 0 Å². The molecule has 11 unspecified atom stereocenters. The molecule has 0 heterocycles. The van der Waals surface area contributed by atoms with Crippen molar-refractivity contribution in [3.05, 3.63) is 0 Å². The zero-order valence-electron chi connectivity index (χ0n) is 23.0. The fourth-order valence-electron chi connectivity index (χ4n) is 9.33. The summed E-state index contributed by atoms with van der Waals surface area (Å²) in [5, 5.41) is 11.8. The number of rotatable bonds is 9. The van der Waals surface area contributed by atoms with Gasteiger partial charge >= 0.3 is 13.8 Å². The Morgan fingerprint density at radius 3 is 2.43 bits per heavy atom. The standard InChI is InChI=1S/C27H47O9P/c1-16(6-9-24(29)35-15-36-37(30,31)32)19-7-8-20-25-21(14-23(28)27(19,20)3)26(2)11-10-18(33-4)12-17(26)13-22(25)34-5/h16-23,25,28H,6-15H2,1-5H3,(H2,30,31,32). The summed E-state index contributed by atoms with van der Waals surface area (Å²) >= 11 is 0. The summed E-state index contributed by atoms with van der Waals surface area (Å²) in [6, 6.07) is 0. The molecular formula is C27H47O9P. The molecule has 3 N–H and O–H groups in total. The van der Waals surface area contributed by atoms with Crippen LogP contribution in [0.4, 0.5) is 0 Å². The molecule has 10 heteroatoms. The van der Waals surface area contributed by atoms with Gasteiger partial charge in [-0.3, -0.25) is 4.79 Å². The van der Waals surface area contributed by atoms with Gasteiger partial charge in [0.2, 0.25) is 6.79 Å². The van der Waals surface area contributed by atoms with Crippen molar-refractivity contribution in [2.45, 2.75) is 96.9 Å². The van der Waals surface area contributed by atoms with Gasteiger partial charge in [-0.15, -0.1) is 0 Å². The van der Waals surface area contributed by atoms with E-state index in [1.807, 2.05) is 14.2 Å². The van der Waals surface area contributed by atoms with Gasteiger partial charge in [0.05, 0.1) is 18.3 Å². The Balaban J connectivity index is 1.46. The number of hydrogen-bond donors (Lipinski definition) is 3. The molecular weight excluding hydrogens is 499 g/mol. The Labute approximate surface area is 221 Å². The number of phosphoric acid groups is 1. The monoisotopic (exact) mass is 546 g/mol. The van der Waals surface area contributed by atoms with Crippen LogP contribution in [0.1, 0.15) is 78.6 Å². The van der Waals surface area contributed by atoms with Crippen molar-refractivity contribution in [3.63, 3.8) is 0 Å². The molecule has 214 valence electrons. The third-order valence-electron chi connectivity index (χ3n) is 11.4. The number of fused-ring (bicyclic) bond motifs is 5. The molecule has 4 aliphatic carbocycles. The van der Waals surface area contributed by atoms with Crippen LogP contribution in [-0.2, 0) is 28.1 Å². The predicted octanol–water partition coefficient (Wildman–Crippen LogP) is 4.28. The highest BCUT2D eigenvalue weighted by atomic mass is 31.2. The summed E-state index contributed by atoms with van der Waals surface area (Å²) in [6.45, 7) is 6.11. The number of ether oxygens (including phenoxy) is 3. The number of hydrogen-bond acceptors (Lipinski definition) is 7. The van der Waals surface area contributed by atoms with Crippen molar-refractivity contribution in [1.29, 1.82) is 0 Å². The Hall–Kier alpha value is -0.540. The van der Waals surface area contributed by atoms with Crippen molar-refractivity contribution >= 4 is 13.8 Å². The van der Waals surface area contributed by atoms with Crippen LogP contribution in [0.2, 0.25) is 0 Å². The van der Waals surface area contributed by atoms with E-state index in [4.69, 9.17) is 24.0 Å². The topological polar surface area (TPSA) is 132 Å². The first-order valence-electron chi connectivity index (χ1n) is 13.9. The number of phosphoric ester groups is 1. The highest BCUT2D eigenvalue weighted by molar-refractivity contribution is 7.46. The summed E-state index contributed by atoms with van der Waals surface area (Å²) < 4.78 is 31.8. The Kier molecular flexibility index (Phi) is 8.87. The average Bonchev–Trinajstić information content (AvgIpc) is 3.20. The SMILES string of the molecule is COC1CCC2(C)C(C1)CC(OC)C1C2CC(O)C2(C)C(C(C)CCC(=O)OCOP(=O)(O)O)CCC12. The molecule has 0 aromatic heterocycles. The summed E-state index contributed by atoms with van der Waals surface area (Å²) in [4.78, 5) is 29.6. The van der Waals surface area contributed by atoms with Crippen LogP contribution in [0.3, 0.4) is 0 Å². The third kappa shape index (κ3) is 5.57. The van der Waals surface area contributed by atoms with Crippen LogP contribution >= 0.6 is 7.82 Å². The van der Waals surface area contributed by atoms with Gasteiger partial charge in [0.25, 0.3) is 0 Å². The molecule has 4 rings (SSSR count). The van der Waals surface area contributed by atoms with Gasteiger partial charge in [-0.25, -0.2) is 9.09 Å². The second-order valence-electron chi connectivity index (χ2n) is 12.7. The second kappa shape index (κ2) is 11.1. The Morgan fingerprint density at radius 2 is 1.78 bits per heavy atom. The minimum absolute atomic E-state index is 0.145. The predicted molar refractivity (Wildman–Crippen MR) is 136 cm³/mol. The van der Waals surface area contributed by atoms with E-state index in [9.17, 15) is 14.5 Å². The zero-order chi connectivity index (χ0) is 27.2. The maximum atomic E-state index is 12.1. The van der Waals surface area contributed by atoms with Crippen molar-refractivity contribution in [2.75, 3.05) is 21.0 Å². The van der Waals surface area contributed by atoms with Crippen LogP contribution in [0.25, 0.3) is 0 Å². The van der Waals surface area contributed by atoms with Crippen LogP contribution in [0.5, 0.6) is 0 Å². The first-order chi connectivity index (χ1) is 17.3. The minimum Gasteiger partial charge on any atom is -0.438 e. The highest BCUT2D eigenvalue weighted by Gasteiger charge is 2.66. The third-order valence-corrected chi connectivity index (χ3v) is 11.8. The van der Waals surface area contributed by atoms with Crippen molar-refractivity contribution in [2.24, 2.45) is 46.3 Å². The molecule has 0 saturated heterocycles. The fourth-order valence-corrected chi connectivity index (χ4v) is 9.52. The average molecular weight is 547 g/mol. The molecule has 4 fully saturated rings. The van der Waals surface area contributed by atoms with Gasteiger partial charge in [0.15, 0.2) is 0 Å². The lowest BCUT2D eigenvalue weighted by molar-refractivity contribution is -0.213. The number of esters is 1. The fraction of sp³-hybridized carbons (Fsp3) is 0.963. The molecule has 11 atom stereocenters. The van der Waals surface area contributed by atoms with E-state index in [0.717, 1.165) is 44.9 Å². The van der Waals surface area contributed by atoms with E-state index < -0.39 is 26.7 Å². The normalized spacial score (nSPS) is 44.4. The minimum atomic E-state index is -4.67. The lowest BCUT2D eigenvalue weighted by Crippen LogP contribution is -2.62. The van der Waals surface area contributed by atoms with Gasteiger partial charge in [-0.1, -0.05) is 20.8 Å². The number of methoxy groups -OCH3 is 2. The molecule has 0 spiro atoms. The maximum absolute atomic E-state index is 12.1. The molecule has 9 nitrogen and oxygen atoms in total. The molecule has 37 heavy (non-hydrogen) atoms. The van der Waals surface area contributed by atoms with Crippen LogP contribution in [0, 0.1) is 46.3 Å². The smallest absolute Gasteiger partial charge is 0.438 e. The largest absolute Gasteiger partial charge is 0.472 e. The lowest BCUT2D eigenvalue weighted by atomic mass is 9.43. The first kappa shape index (κ1) is 29.4. The Morgan fingerprint density at radius 1 is 1.05 bits per heavy atom. The summed E-state index contributed by atoms with van der Waals surface area (Å²) in [5.74, 6) is 1.71. The molecule has 0 aromatic carbocycles. The quantitative estimate of drug-likeness (QED) is 0.220. The van der Waals surface area contributed by atoms with Crippen LogP contribution in [-0.4, -0.2) is 60.2 Å². The van der Waals surface area contributed by atoms with Crippen LogP contribution in [0.15, 0.2) is 0 Å². The van der Waals surface area contributed by atoms with Gasteiger partial charge < -0.3 is 29.1 Å². The summed E-state index contributed by atoms with van der Waals surface area (Å²) in [7, 11) is -1.00. The molecule has 0 amide bonds. The maximum Gasteiger partial charge on any atom is 0.472 e. The van der Waals surface area contributed by atoms with Gasteiger partial charge in [0, 0.05) is 20.6 Å². The van der Waals surface area contributed by atoms with E-state index >= 15 is 0 Å². The molecule has 0 radical (unpaired) electrons. The lowest BCUT2D eigenvalue weighted by Gasteiger charge is -2.64. The number of carbonyl (C=O) groups is 1. The van der Waals surface area contributed by atoms with Gasteiger partial charge in [0.1, 0.15) is 0 Å². The molecule has 4 aliphatic rings. The summed E-state index contributed by atoms with van der Waals surface area (Å²) in [5.41, 5.74) is -0.0443. The van der Waals surface area contributed by atoms with E-state index in [1.54, 1.807) is 0 Å². The van der Waals surface area contributed by atoms with E-state index in [1.165, 1.54) is 0 Å². The van der Waals surface area contributed by atoms with Gasteiger partial charge in [-0.05, 0) is 97.7 Å². The molecule has 0 bridgehead atoms. The van der Waals surface area contributed by atoms with E-state index in [2.05, 4.69) is 25.3 Å². The van der Waals surface area contributed by atoms with Crippen molar-refractivity contribution in [1.82, 2.24) is 0 Å². The molecule has 0 aliphatic heterocycles. The van der Waals surface area contributed by atoms with E-state index in [-0.39, 0.29) is 35.2 Å². The van der Waals surface area contributed by atoms with E-state index in [0.29, 0.717) is 36.2 Å². The highest BCUT2D eigenvalue weighted by Crippen LogP contribution is 2.68. The molecule has 0 aromatic rings. The Bertz CT molecular complexity index is 863. The number of carbonyl (C=O) groups excluding carboxylic acids is 1. The summed E-state index contributed by atoms with van der Waals surface area (Å²) in [6.07, 6.45) is 8.06.